The number of benzene rings is 1. The van der Waals surface area contributed by atoms with E-state index in [0.29, 0.717) is 33.6 Å². The van der Waals surface area contributed by atoms with Crippen LogP contribution in [0, 0.1) is 6.92 Å². The first-order valence-electron chi connectivity index (χ1n) is 8.76. The predicted molar refractivity (Wildman–Crippen MR) is 107 cm³/mol. The van der Waals surface area contributed by atoms with Crippen molar-refractivity contribution in [1.82, 2.24) is 15.5 Å². The highest BCUT2D eigenvalue weighted by molar-refractivity contribution is 7.92. The van der Waals surface area contributed by atoms with E-state index in [2.05, 4.69) is 20.2 Å². The largest absolute Gasteiger partial charge is 0.348 e. The number of carbonyl (C=O) groups excluding carboxylic acids is 1. The first-order chi connectivity index (χ1) is 13.2. The minimum absolute atomic E-state index is 0.112. The maximum atomic E-state index is 12.9. The second-order valence-electron chi connectivity index (χ2n) is 6.91. The van der Waals surface area contributed by atoms with Crippen LogP contribution in [-0.2, 0) is 16.6 Å². The number of hydrogen-bond donors (Lipinski definition) is 2. The summed E-state index contributed by atoms with van der Waals surface area (Å²) in [6.07, 6.45) is 1.08. The SMILES string of the molecule is Cc1noc2nc(C(C)C)cc(C(=O)NCc3ccccc3NS(C)(=O)=O)c12. The van der Waals surface area contributed by atoms with Gasteiger partial charge in [0.2, 0.25) is 10.0 Å². The van der Waals surface area contributed by atoms with E-state index < -0.39 is 10.0 Å². The molecule has 8 nitrogen and oxygen atoms in total. The van der Waals surface area contributed by atoms with Crippen LogP contribution in [0.1, 0.15) is 47.1 Å². The van der Waals surface area contributed by atoms with Crippen molar-refractivity contribution in [3.8, 4) is 0 Å². The zero-order valence-electron chi connectivity index (χ0n) is 16.1. The first kappa shape index (κ1) is 19.8. The molecule has 0 fully saturated rings. The second-order valence-corrected chi connectivity index (χ2v) is 8.66. The molecule has 28 heavy (non-hydrogen) atoms. The number of aromatic nitrogens is 2. The number of amides is 1. The lowest BCUT2D eigenvalue weighted by Gasteiger charge is -2.13. The summed E-state index contributed by atoms with van der Waals surface area (Å²) in [4.78, 5) is 17.3. The lowest BCUT2D eigenvalue weighted by molar-refractivity contribution is 0.0952. The van der Waals surface area contributed by atoms with Gasteiger partial charge in [-0.25, -0.2) is 13.4 Å². The fourth-order valence-electron chi connectivity index (χ4n) is 2.83. The number of rotatable bonds is 6. The van der Waals surface area contributed by atoms with Gasteiger partial charge in [-0.05, 0) is 30.5 Å². The highest BCUT2D eigenvalue weighted by atomic mass is 32.2. The van der Waals surface area contributed by atoms with E-state index >= 15 is 0 Å². The molecule has 0 saturated heterocycles. The molecule has 0 saturated carbocycles. The Morgan fingerprint density at radius 1 is 1.25 bits per heavy atom. The number of para-hydroxylation sites is 1. The number of nitrogens with zero attached hydrogens (tertiary/aromatic N) is 2. The molecular formula is C19H22N4O4S. The summed E-state index contributed by atoms with van der Waals surface area (Å²) in [5.41, 5.74) is 3.15. The molecule has 0 aliphatic heterocycles. The van der Waals surface area contributed by atoms with Crippen molar-refractivity contribution >= 4 is 32.7 Å². The molecule has 0 spiro atoms. The number of nitrogens with one attached hydrogen (secondary N) is 2. The molecule has 0 bridgehead atoms. The molecule has 0 atom stereocenters. The summed E-state index contributed by atoms with van der Waals surface area (Å²) in [6, 6.07) is 8.64. The molecule has 0 aliphatic rings. The Bertz CT molecular complexity index is 1140. The summed E-state index contributed by atoms with van der Waals surface area (Å²) in [5.74, 6) is -0.198. The lowest BCUT2D eigenvalue weighted by Crippen LogP contribution is -2.24. The van der Waals surface area contributed by atoms with Crippen molar-refractivity contribution in [2.45, 2.75) is 33.2 Å². The second kappa shape index (κ2) is 7.59. The number of hydrogen-bond acceptors (Lipinski definition) is 6. The summed E-state index contributed by atoms with van der Waals surface area (Å²) >= 11 is 0. The molecule has 0 aliphatic carbocycles. The van der Waals surface area contributed by atoms with Gasteiger partial charge in [0.1, 0.15) is 0 Å². The van der Waals surface area contributed by atoms with Gasteiger partial charge in [-0.2, -0.15) is 0 Å². The fraction of sp³-hybridized carbons (Fsp3) is 0.316. The van der Waals surface area contributed by atoms with Crippen molar-refractivity contribution < 1.29 is 17.7 Å². The monoisotopic (exact) mass is 402 g/mol. The van der Waals surface area contributed by atoms with Crippen LogP contribution < -0.4 is 10.0 Å². The quantitative estimate of drug-likeness (QED) is 0.655. The van der Waals surface area contributed by atoms with Crippen LogP contribution in [0.4, 0.5) is 5.69 Å². The molecule has 2 heterocycles. The van der Waals surface area contributed by atoms with Crippen molar-refractivity contribution in [3.05, 3.63) is 52.8 Å². The topological polar surface area (TPSA) is 114 Å². The van der Waals surface area contributed by atoms with Crippen LogP contribution in [0.3, 0.4) is 0 Å². The molecule has 9 heteroatoms. The molecular weight excluding hydrogens is 380 g/mol. The molecule has 2 N–H and O–H groups in total. The van der Waals surface area contributed by atoms with Gasteiger partial charge in [-0.15, -0.1) is 0 Å². The van der Waals surface area contributed by atoms with Crippen molar-refractivity contribution in [3.63, 3.8) is 0 Å². The first-order valence-corrected chi connectivity index (χ1v) is 10.7. The molecule has 1 aromatic carbocycles. The van der Waals surface area contributed by atoms with Crippen LogP contribution in [-0.4, -0.2) is 30.7 Å². The number of anilines is 1. The van der Waals surface area contributed by atoms with Crippen molar-refractivity contribution in [1.29, 1.82) is 0 Å². The van der Waals surface area contributed by atoms with Crippen LogP contribution >= 0.6 is 0 Å². The molecule has 3 aromatic rings. The van der Waals surface area contributed by atoms with Crippen LogP contribution in [0.25, 0.3) is 11.1 Å². The molecule has 0 unspecified atom stereocenters. The molecule has 0 radical (unpaired) electrons. The minimum atomic E-state index is -3.42. The third kappa shape index (κ3) is 4.30. The van der Waals surface area contributed by atoms with Crippen LogP contribution in [0.2, 0.25) is 0 Å². The Labute approximate surface area is 163 Å². The van der Waals surface area contributed by atoms with Gasteiger partial charge in [0, 0.05) is 12.2 Å². The summed E-state index contributed by atoms with van der Waals surface area (Å²) < 4.78 is 30.8. The van der Waals surface area contributed by atoms with E-state index in [1.54, 1.807) is 37.3 Å². The average Bonchev–Trinajstić information content (AvgIpc) is 3.00. The van der Waals surface area contributed by atoms with E-state index in [1.165, 1.54) is 0 Å². The Morgan fingerprint density at radius 3 is 2.64 bits per heavy atom. The van der Waals surface area contributed by atoms with Crippen molar-refractivity contribution in [2.24, 2.45) is 0 Å². The average molecular weight is 402 g/mol. The van der Waals surface area contributed by atoms with Gasteiger partial charge in [0.25, 0.3) is 11.6 Å². The number of pyridine rings is 1. The summed E-state index contributed by atoms with van der Waals surface area (Å²) in [5, 5.41) is 7.34. The van der Waals surface area contributed by atoms with Gasteiger partial charge in [0.15, 0.2) is 0 Å². The van der Waals surface area contributed by atoms with Gasteiger partial charge in [-0.1, -0.05) is 37.2 Å². The van der Waals surface area contributed by atoms with E-state index in [0.717, 1.165) is 11.9 Å². The third-order valence-corrected chi connectivity index (χ3v) is 4.82. The van der Waals surface area contributed by atoms with Crippen LogP contribution in [0.15, 0.2) is 34.9 Å². The fourth-order valence-corrected chi connectivity index (χ4v) is 3.43. The molecule has 1 amide bonds. The maximum Gasteiger partial charge on any atom is 0.259 e. The lowest BCUT2D eigenvalue weighted by atomic mass is 10.0. The van der Waals surface area contributed by atoms with Gasteiger partial charge in [-0.3, -0.25) is 9.52 Å². The standard InChI is InChI=1S/C19H22N4O4S/c1-11(2)16-9-14(17-12(3)22-27-19(17)21-16)18(24)20-10-13-7-5-6-8-15(13)23-28(4,25)26/h5-9,11,23H,10H2,1-4H3,(H,20,24). The van der Waals surface area contributed by atoms with Gasteiger partial charge < -0.3 is 9.84 Å². The number of sulfonamides is 1. The Hall–Kier alpha value is -2.94. The van der Waals surface area contributed by atoms with E-state index in [1.807, 2.05) is 13.8 Å². The normalized spacial score (nSPS) is 11.8. The zero-order chi connectivity index (χ0) is 20.5. The Morgan fingerprint density at radius 2 is 1.96 bits per heavy atom. The highest BCUT2D eigenvalue weighted by Crippen LogP contribution is 2.25. The Kier molecular flexibility index (Phi) is 5.37. The molecule has 3 rings (SSSR count). The van der Waals surface area contributed by atoms with Gasteiger partial charge >= 0.3 is 0 Å². The van der Waals surface area contributed by atoms with E-state index in [4.69, 9.17) is 4.52 Å². The summed E-state index contributed by atoms with van der Waals surface area (Å²) in [7, 11) is -3.42. The zero-order valence-corrected chi connectivity index (χ0v) is 16.9. The number of aryl methyl sites for hydroxylation is 1. The van der Waals surface area contributed by atoms with E-state index in [-0.39, 0.29) is 18.4 Å². The molecule has 2 aromatic heterocycles. The number of carbonyl (C=O) groups is 1. The van der Waals surface area contributed by atoms with Gasteiger partial charge in [0.05, 0.1) is 28.6 Å². The third-order valence-electron chi connectivity index (χ3n) is 4.23. The van der Waals surface area contributed by atoms with E-state index in [9.17, 15) is 13.2 Å². The highest BCUT2D eigenvalue weighted by Gasteiger charge is 2.20. The summed E-state index contributed by atoms with van der Waals surface area (Å²) in [6.45, 7) is 5.87. The predicted octanol–water partition coefficient (Wildman–Crippen LogP) is 2.96. The Balaban J connectivity index is 1.90. The van der Waals surface area contributed by atoms with Crippen LogP contribution in [0.5, 0.6) is 0 Å². The minimum Gasteiger partial charge on any atom is -0.348 e. The maximum absolute atomic E-state index is 12.9. The molecule has 148 valence electrons. The smallest absolute Gasteiger partial charge is 0.259 e. The van der Waals surface area contributed by atoms with Crippen molar-refractivity contribution in [2.75, 3.05) is 11.0 Å². The number of fused-ring (bicyclic) bond motifs is 1.